The van der Waals surface area contributed by atoms with Crippen LogP contribution >= 0.6 is 0 Å². The topological polar surface area (TPSA) is 80.0 Å². The van der Waals surface area contributed by atoms with Crippen molar-refractivity contribution in [3.63, 3.8) is 0 Å². The summed E-state index contributed by atoms with van der Waals surface area (Å²) in [5.74, 6) is 1.37. The van der Waals surface area contributed by atoms with Gasteiger partial charge in [0.15, 0.2) is 0 Å². The van der Waals surface area contributed by atoms with Gasteiger partial charge >= 0.3 is 5.97 Å². The lowest BCUT2D eigenvalue weighted by Gasteiger charge is -2.21. The molecule has 1 aliphatic rings. The van der Waals surface area contributed by atoms with Gasteiger partial charge in [-0.15, -0.1) is 0 Å². The summed E-state index contributed by atoms with van der Waals surface area (Å²) in [6, 6.07) is 9.61. The van der Waals surface area contributed by atoms with Gasteiger partial charge in [0.1, 0.15) is 17.5 Å². The molecular weight excluding hydrogens is 382 g/mol. The van der Waals surface area contributed by atoms with Crippen molar-refractivity contribution in [1.29, 1.82) is 0 Å². The van der Waals surface area contributed by atoms with Gasteiger partial charge in [0.05, 0.1) is 27.9 Å². The predicted octanol–water partition coefficient (Wildman–Crippen LogP) is 3.36. The lowest BCUT2D eigenvalue weighted by Crippen LogP contribution is -2.33. The Morgan fingerprint density at radius 1 is 1.17 bits per heavy atom. The molecule has 30 heavy (non-hydrogen) atoms. The number of carbonyl (C=O) groups excluding carboxylic acids is 1. The van der Waals surface area contributed by atoms with Crippen molar-refractivity contribution in [1.82, 2.24) is 0 Å². The van der Waals surface area contributed by atoms with Gasteiger partial charge in [0, 0.05) is 18.1 Å². The summed E-state index contributed by atoms with van der Waals surface area (Å²) in [6.45, 7) is 3.14. The smallest absolute Gasteiger partial charge is 0.322 e. The van der Waals surface area contributed by atoms with Crippen LogP contribution < -0.4 is 15.2 Å². The molecule has 0 fully saturated rings. The molecule has 6 nitrogen and oxygen atoms in total. The van der Waals surface area contributed by atoms with Crippen molar-refractivity contribution < 1.29 is 23.7 Å². The summed E-state index contributed by atoms with van der Waals surface area (Å²) in [6.07, 6.45) is 2.32. The number of nitrogens with two attached hydrogens (primary N) is 1. The predicted molar refractivity (Wildman–Crippen MR) is 115 cm³/mol. The zero-order valence-electron chi connectivity index (χ0n) is 18.2. The molecule has 162 valence electrons. The number of hydrogen-bond acceptors (Lipinski definition) is 6. The Kier molecular flexibility index (Phi) is 7.34. The zero-order valence-corrected chi connectivity index (χ0v) is 18.2. The van der Waals surface area contributed by atoms with E-state index in [0.717, 1.165) is 41.0 Å². The molecule has 0 bridgehead atoms. The van der Waals surface area contributed by atoms with Gasteiger partial charge in [-0.25, -0.2) is 0 Å². The zero-order chi connectivity index (χ0) is 21.7. The molecule has 2 atom stereocenters. The monoisotopic (exact) mass is 413 g/mol. The van der Waals surface area contributed by atoms with E-state index in [0.29, 0.717) is 19.6 Å². The standard InChI is InChI=1S/C24H31NO5/c1-5-30-14-15-11-21(27-2)23(22(12-15)28-3)19-10-9-17-16(7-6-8-18(17)19)13-20(25)24(26)29-4/h6-8,11-12,19-20H,5,9-10,13-14,25H2,1-4H3/t19-,20-/m0/s1. The van der Waals surface area contributed by atoms with E-state index in [1.807, 2.05) is 31.2 Å². The minimum Gasteiger partial charge on any atom is -0.496 e. The van der Waals surface area contributed by atoms with Crippen LogP contribution in [0.1, 0.15) is 47.1 Å². The Morgan fingerprint density at radius 2 is 1.87 bits per heavy atom. The SMILES string of the molecule is CCOCc1cc(OC)c([C@H]2CCc3c(C[C@H](N)C(=O)OC)cccc32)c(OC)c1. The quantitative estimate of drug-likeness (QED) is 0.635. The molecule has 0 aliphatic heterocycles. The van der Waals surface area contributed by atoms with Gasteiger partial charge in [-0.05, 0) is 60.6 Å². The number of benzene rings is 2. The molecule has 0 unspecified atom stereocenters. The summed E-state index contributed by atoms with van der Waals surface area (Å²) in [5.41, 5.74) is 11.7. The van der Waals surface area contributed by atoms with Gasteiger partial charge < -0.3 is 24.7 Å². The second kappa shape index (κ2) is 9.96. The van der Waals surface area contributed by atoms with Crippen LogP contribution in [0.15, 0.2) is 30.3 Å². The third kappa shape index (κ3) is 4.45. The van der Waals surface area contributed by atoms with Crippen LogP contribution in [0.25, 0.3) is 0 Å². The number of methoxy groups -OCH3 is 3. The number of rotatable bonds is 9. The number of fused-ring (bicyclic) bond motifs is 1. The molecule has 0 aromatic heterocycles. The van der Waals surface area contributed by atoms with Gasteiger partial charge in [0.25, 0.3) is 0 Å². The van der Waals surface area contributed by atoms with Crippen LogP contribution in [0.3, 0.4) is 0 Å². The van der Waals surface area contributed by atoms with Crippen LogP contribution in [0.2, 0.25) is 0 Å². The van der Waals surface area contributed by atoms with Crippen molar-refractivity contribution in [2.24, 2.45) is 5.73 Å². The third-order valence-corrected chi connectivity index (χ3v) is 5.74. The molecule has 0 spiro atoms. The largest absolute Gasteiger partial charge is 0.496 e. The minimum absolute atomic E-state index is 0.153. The first kappa shape index (κ1) is 22.1. The van der Waals surface area contributed by atoms with Crippen molar-refractivity contribution in [3.8, 4) is 11.5 Å². The fourth-order valence-electron chi connectivity index (χ4n) is 4.33. The fourth-order valence-corrected chi connectivity index (χ4v) is 4.33. The minimum atomic E-state index is -0.664. The Balaban J connectivity index is 1.98. The van der Waals surface area contributed by atoms with Crippen molar-refractivity contribution in [2.75, 3.05) is 27.9 Å². The second-order valence-corrected chi connectivity index (χ2v) is 7.46. The number of hydrogen-bond donors (Lipinski definition) is 1. The summed E-state index contributed by atoms with van der Waals surface area (Å²) < 4.78 is 21.9. The van der Waals surface area contributed by atoms with E-state index >= 15 is 0 Å². The Hall–Kier alpha value is -2.57. The van der Waals surface area contributed by atoms with Crippen LogP contribution in [-0.4, -0.2) is 39.9 Å². The molecule has 6 heteroatoms. The van der Waals surface area contributed by atoms with Gasteiger partial charge in [-0.1, -0.05) is 18.2 Å². The number of carbonyl (C=O) groups is 1. The highest BCUT2D eigenvalue weighted by Crippen LogP contribution is 2.47. The van der Waals surface area contributed by atoms with Crippen LogP contribution in [0.5, 0.6) is 11.5 Å². The van der Waals surface area contributed by atoms with E-state index < -0.39 is 12.0 Å². The molecule has 0 radical (unpaired) electrons. The maximum absolute atomic E-state index is 11.8. The van der Waals surface area contributed by atoms with Crippen molar-refractivity contribution in [3.05, 3.63) is 58.1 Å². The number of ether oxygens (including phenoxy) is 4. The summed E-state index contributed by atoms with van der Waals surface area (Å²) in [5, 5.41) is 0. The maximum Gasteiger partial charge on any atom is 0.322 e. The van der Waals surface area contributed by atoms with E-state index in [-0.39, 0.29) is 5.92 Å². The van der Waals surface area contributed by atoms with E-state index in [1.165, 1.54) is 18.2 Å². The van der Waals surface area contributed by atoms with E-state index in [9.17, 15) is 4.79 Å². The Bertz CT molecular complexity index is 870. The first-order chi connectivity index (χ1) is 14.5. The van der Waals surface area contributed by atoms with Gasteiger partial charge in [0.2, 0.25) is 0 Å². The van der Waals surface area contributed by atoms with Gasteiger partial charge in [-0.2, -0.15) is 0 Å². The average Bonchev–Trinajstić information content (AvgIpc) is 3.20. The highest BCUT2D eigenvalue weighted by atomic mass is 16.5. The van der Waals surface area contributed by atoms with E-state index in [2.05, 4.69) is 6.07 Å². The Labute approximate surface area is 178 Å². The van der Waals surface area contributed by atoms with Crippen molar-refractivity contribution >= 4 is 5.97 Å². The molecule has 0 amide bonds. The van der Waals surface area contributed by atoms with Crippen molar-refractivity contribution in [2.45, 2.75) is 44.8 Å². The van der Waals surface area contributed by atoms with Crippen LogP contribution in [0, 0.1) is 0 Å². The Morgan fingerprint density at radius 3 is 2.47 bits per heavy atom. The highest BCUT2D eigenvalue weighted by Gasteiger charge is 2.31. The third-order valence-electron chi connectivity index (χ3n) is 5.74. The second-order valence-electron chi connectivity index (χ2n) is 7.46. The number of esters is 1. The summed E-state index contributed by atoms with van der Waals surface area (Å²) in [4.78, 5) is 11.8. The molecule has 2 N–H and O–H groups in total. The van der Waals surface area contributed by atoms with Crippen LogP contribution in [0.4, 0.5) is 0 Å². The normalized spacial score (nSPS) is 16.1. The molecule has 0 heterocycles. The van der Waals surface area contributed by atoms with Crippen LogP contribution in [-0.2, 0) is 33.7 Å². The summed E-state index contributed by atoms with van der Waals surface area (Å²) in [7, 11) is 4.73. The lowest BCUT2D eigenvalue weighted by atomic mass is 9.89. The first-order valence-corrected chi connectivity index (χ1v) is 10.3. The molecule has 0 saturated heterocycles. The lowest BCUT2D eigenvalue weighted by molar-refractivity contribution is -0.142. The first-order valence-electron chi connectivity index (χ1n) is 10.3. The molecule has 3 rings (SSSR count). The molecule has 1 aliphatic carbocycles. The molecule has 0 saturated carbocycles. The van der Waals surface area contributed by atoms with E-state index in [1.54, 1.807) is 14.2 Å². The van der Waals surface area contributed by atoms with E-state index in [4.69, 9.17) is 24.7 Å². The molecular formula is C24H31NO5. The fraction of sp³-hybridized carbons (Fsp3) is 0.458. The molecule has 2 aromatic rings. The van der Waals surface area contributed by atoms with Gasteiger partial charge in [-0.3, -0.25) is 4.79 Å². The highest BCUT2D eigenvalue weighted by molar-refractivity contribution is 5.75. The molecule has 2 aromatic carbocycles. The average molecular weight is 414 g/mol. The summed E-state index contributed by atoms with van der Waals surface area (Å²) >= 11 is 0. The maximum atomic E-state index is 11.8.